The van der Waals surface area contributed by atoms with Gasteiger partial charge in [-0.15, -0.1) is 13.2 Å². The van der Waals surface area contributed by atoms with Crippen molar-refractivity contribution >= 4 is 11.5 Å². The molecule has 0 aliphatic rings. The van der Waals surface area contributed by atoms with Crippen LogP contribution in [0.2, 0.25) is 0 Å². The lowest BCUT2D eigenvalue weighted by atomic mass is 10.1. The van der Waals surface area contributed by atoms with Crippen molar-refractivity contribution in [2.24, 2.45) is 0 Å². The van der Waals surface area contributed by atoms with Crippen molar-refractivity contribution in [1.82, 2.24) is 19.5 Å². The van der Waals surface area contributed by atoms with Gasteiger partial charge in [-0.05, 0) is 37.9 Å². The number of rotatable bonds is 6. The zero-order chi connectivity index (χ0) is 18.7. The summed E-state index contributed by atoms with van der Waals surface area (Å²) < 4.78 is 42.3. The lowest BCUT2D eigenvalue weighted by Gasteiger charge is -2.11. The number of halogens is 3. The molecule has 0 aliphatic carbocycles. The predicted octanol–water partition coefficient (Wildman–Crippen LogP) is 3.27. The second kappa shape index (κ2) is 7.20. The van der Waals surface area contributed by atoms with E-state index in [9.17, 15) is 13.2 Å². The van der Waals surface area contributed by atoms with E-state index in [1.54, 1.807) is 29.0 Å². The third-order valence-corrected chi connectivity index (χ3v) is 3.63. The van der Waals surface area contributed by atoms with E-state index in [1.807, 2.05) is 20.2 Å². The van der Waals surface area contributed by atoms with Gasteiger partial charge in [-0.2, -0.15) is 5.10 Å². The van der Waals surface area contributed by atoms with Gasteiger partial charge in [0.15, 0.2) is 5.65 Å². The number of likely N-dealkylation sites (N-methyl/N-ethyl adjacent to an activating group) is 1. The second-order valence-corrected chi connectivity index (χ2v) is 5.94. The van der Waals surface area contributed by atoms with Gasteiger partial charge in [0.25, 0.3) is 0 Å². The first-order valence-corrected chi connectivity index (χ1v) is 7.91. The normalized spacial score (nSPS) is 11.9. The van der Waals surface area contributed by atoms with E-state index in [1.165, 1.54) is 12.1 Å². The van der Waals surface area contributed by atoms with Crippen molar-refractivity contribution < 1.29 is 17.9 Å². The van der Waals surface area contributed by atoms with Crippen molar-refractivity contribution in [3.05, 3.63) is 42.7 Å². The molecule has 0 saturated heterocycles. The van der Waals surface area contributed by atoms with E-state index in [2.05, 4.69) is 25.0 Å². The number of hydrogen-bond acceptors (Lipinski definition) is 5. The molecule has 26 heavy (non-hydrogen) atoms. The van der Waals surface area contributed by atoms with Gasteiger partial charge in [-0.25, -0.2) is 9.50 Å². The largest absolute Gasteiger partial charge is 0.573 e. The van der Waals surface area contributed by atoms with Crippen LogP contribution in [-0.4, -0.2) is 53.0 Å². The van der Waals surface area contributed by atoms with E-state index in [4.69, 9.17) is 0 Å². The van der Waals surface area contributed by atoms with Crippen LogP contribution in [0.15, 0.2) is 42.7 Å². The minimum absolute atomic E-state index is 0.267. The fraction of sp³-hybridized carbons (Fsp3) is 0.294. The second-order valence-electron chi connectivity index (χ2n) is 5.94. The number of aromatic nitrogens is 3. The van der Waals surface area contributed by atoms with E-state index in [-0.39, 0.29) is 5.75 Å². The van der Waals surface area contributed by atoms with Gasteiger partial charge in [0.2, 0.25) is 0 Å². The Balaban J connectivity index is 1.83. The SMILES string of the molecule is CN(C)CCNc1ccn2ncc(-c3ccc(OC(F)(F)F)cc3)c2n1. The number of fused-ring (bicyclic) bond motifs is 1. The Morgan fingerprint density at radius 2 is 1.88 bits per heavy atom. The number of ether oxygens (including phenoxy) is 1. The zero-order valence-electron chi connectivity index (χ0n) is 14.3. The number of benzene rings is 1. The molecule has 0 unspecified atom stereocenters. The fourth-order valence-corrected chi connectivity index (χ4v) is 2.41. The Labute approximate surface area is 148 Å². The summed E-state index contributed by atoms with van der Waals surface area (Å²) in [5.74, 6) is 0.440. The average Bonchev–Trinajstić information content (AvgIpc) is 2.97. The Kier molecular flexibility index (Phi) is 4.99. The molecular formula is C17H18F3N5O. The van der Waals surface area contributed by atoms with Crippen LogP contribution in [0.3, 0.4) is 0 Å². The summed E-state index contributed by atoms with van der Waals surface area (Å²) >= 11 is 0. The molecule has 1 N–H and O–H groups in total. The van der Waals surface area contributed by atoms with Gasteiger partial charge < -0.3 is 15.0 Å². The van der Waals surface area contributed by atoms with Crippen molar-refractivity contribution in [3.63, 3.8) is 0 Å². The molecule has 1 aromatic carbocycles. The van der Waals surface area contributed by atoms with Crippen LogP contribution in [0.4, 0.5) is 19.0 Å². The smallest absolute Gasteiger partial charge is 0.406 e. The van der Waals surface area contributed by atoms with Crippen LogP contribution in [0, 0.1) is 0 Å². The van der Waals surface area contributed by atoms with Crippen LogP contribution in [0.25, 0.3) is 16.8 Å². The van der Waals surface area contributed by atoms with Crippen molar-refractivity contribution in [2.75, 3.05) is 32.5 Å². The topological polar surface area (TPSA) is 54.7 Å². The standard InChI is InChI=1S/C17H18F3N5O/c1-24(2)10-8-21-15-7-9-25-16(23-15)14(11-22-25)12-3-5-13(6-4-12)26-17(18,19)20/h3-7,9,11H,8,10H2,1-2H3,(H,21,23). The summed E-state index contributed by atoms with van der Waals surface area (Å²) in [6, 6.07) is 7.45. The molecular weight excluding hydrogens is 347 g/mol. The maximum absolute atomic E-state index is 12.3. The van der Waals surface area contributed by atoms with Crippen LogP contribution in [-0.2, 0) is 0 Å². The highest BCUT2D eigenvalue weighted by Crippen LogP contribution is 2.28. The van der Waals surface area contributed by atoms with Gasteiger partial charge >= 0.3 is 6.36 Å². The Bertz CT molecular complexity index is 874. The fourth-order valence-electron chi connectivity index (χ4n) is 2.41. The molecule has 6 nitrogen and oxygen atoms in total. The highest BCUT2D eigenvalue weighted by Gasteiger charge is 2.31. The number of alkyl halides is 3. The molecule has 0 aliphatic heterocycles. The molecule has 0 radical (unpaired) electrons. The molecule has 0 atom stereocenters. The summed E-state index contributed by atoms with van der Waals surface area (Å²) in [5.41, 5.74) is 2.04. The number of nitrogens with zero attached hydrogens (tertiary/aromatic N) is 4. The van der Waals surface area contributed by atoms with Gasteiger partial charge in [0.1, 0.15) is 11.6 Å². The number of hydrogen-bond donors (Lipinski definition) is 1. The van der Waals surface area contributed by atoms with Crippen LogP contribution in [0.5, 0.6) is 5.75 Å². The van der Waals surface area contributed by atoms with Crippen molar-refractivity contribution in [2.45, 2.75) is 6.36 Å². The van der Waals surface area contributed by atoms with E-state index in [0.29, 0.717) is 17.0 Å². The Morgan fingerprint density at radius 1 is 1.15 bits per heavy atom. The average molecular weight is 365 g/mol. The lowest BCUT2D eigenvalue weighted by Crippen LogP contribution is -2.21. The molecule has 0 bridgehead atoms. The maximum Gasteiger partial charge on any atom is 0.573 e. The number of nitrogens with one attached hydrogen (secondary N) is 1. The highest BCUT2D eigenvalue weighted by molar-refractivity contribution is 5.77. The lowest BCUT2D eigenvalue weighted by molar-refractivity contribution is -0.274. The third kappa shape index (κ3) is 4.42. The summed E-state index contributed by atoms with van der Waals surface area (Å²) in [7, 11) is 3.97. The molecule has 138 valence electrons. The van der Waals surface area contributed by atoms with Crippen LogP contribution in [0.1, 0.15) is 0 Å². The monoisotopic (exact) mass is 365 g/mol. The molecule has 3 rings (SSSR count). The molecule has 9 heteroatoms. The quantitative estimate of drug-likeness (QED) is 0.727. The van der Waals surface area contributed by atoms with Gasteiger partial charge in [-0.3, -0.25) is 0 Å². The summed E-state index contributed by atoms with van der Waals surface area (Å²) in [6.45, 7) is 1.60. The molecule has 0 saturated carbocycles. The Hall–Kier alpha value is -2.81. The van der Waals surface area contributed by atoms with Gasteiger partial charge in [-0.1, -0.05) is 12.1 Å². The Morgan fingerprint density at radius 3 is 2.54 bits per heavy atom. The van der Waals surface area contributed by atoms with Gasteiger partial charge in [0, 0.05) is 24.8 Å². The van der Waals surface area contributed by atoms with Gasteiger partial charge in [0.05, 0.1) is 6.20 Å². The predicted molar refractivity (Wildman–Crippen MR) is 92.1 cm³/mol. The highest BCUT2D eigenvalue weighted by atomic mass is 19.4. The maximum atomic E-state index is 12.3. The van der Waals surface area contributed by atoms with E-state index < -0.39 is 6.36 Å². The first kappa shape index (κ1) is 18.0. The minimum Gasteiger partial charge on any atom is -0.406 e. The zero-order valence-corrected chi connectivity index (χ0v) is 14.3. The molecule has 2 aromatic heterocycles. The van der Waals surface area contributed by atoms with E-state index >= 15 is 0 Å². The minimum atomic E-state index is -4.71. The third-order valence-electron chi connectivity index (χ3n) is 3.63. The van der Waals surface area contributed by atoms with Crippen molar-refractivity contribution in [1.29, 1.82) is 0 Å². The van der Waals surface area contributed by atoms with Crippen molar-refractivity contribution in [3.8, 4) is 16.9 Å². The molecule has 0 amide bonds. The molecule has 0 spiro atoms. The molecule has 2 heterocycles. The number of anilines is 1. The summed E-state index contributed by atoms with van der Waals surface area (Å²) in [6.07, 6.45) is -1.29. The molecule has 0 fully saturated rings. The van der Waals surface area contributed by atoms with Crippen LogP contribution < -0.4 is 10.1 Å². The first-order valence-electron chi connectivity index (χ1n) is 7.91. The van der Waals surface area contributed by atoms with Crippen LogP contribution >= 0.6 is 0 Å². The summed E-state index contributed by atoms with van der Waals surface area (Å²) in [5, 5.41) is 7.47. The molecule has 3 aromatic rings. The van der Waals surface area contributed by atoms with E-state index in [0.717, 1.165) is 18.7 Å². The summed E-state index contributed by atoms with van der Waals surface area (Å²) in [4.78, 5) is 6.61. The first-order chi connectivity index (χ1) is 12.3.